The number of carbonyl (C=O) groups excluding carboxylic acids is 1. The molecular weight excluding hydrogens is 362 g/mol. The number of nitro groups is 1. The number of ether oxygens (including phenoxy) is 1. The van der Waals surface area contributed by atoms with Crippen LogP contribution in [0.3, 0.4) is 0 Å². The molecule has 0 aliphatic carbocycles. The highest BCUT2D eigenvalue weighted by Crippen LogP contribution is 2.20. The molecule has 1 aromatic carbocycles. The van der Waals surface area contributed by atoms with E-state index in [4.69, 9.17) is 4.74 Å². The van der Waals surface area contributed by atoms with Gasteiger partial charge in [0.25, 0.3) is 0 Å². The molecule has 1 saturated heterocycles. The number of hydrogen-bond acceptors (Lipinski definition) is 6. The molecule has 2 aromatic rings. The first-order valence-corrected chi connectivity index (χ1v) is 9.34. The first-order valence-electron chi connectivity index (χ1n) is 9.34. The molecule has 1 unspecified atom stereocenters. The van der Waals surface area contributed by atoms with E-state index < -0.39 is 11.0 Å². The summed E-state index contributed by atoms with van der Waals surface area (Å²) in [5.41, 5.74) is 1.07. The van der Waals surface area contributed by atoms with E-state index in [2.05, 4.69) is 16.1 Å². The first kappa shape index (κ1) is 19.8. The maximum absolute atomic E-state index is 12.9. The van der Waals surface area contributed by atoms with E-state index in [-0.39, 0.29) is 11.6 Å². The van der Waals surface area contributed by atoms with E-state index in [0.29, 0.717) is 19.5 Å². The second-order valence-electron chi connectivity index (χ2n) is 6.81. The van der Waals surface area contributed by atoms with E-state index in [1.165, 1.54) is 22.6 Å². The Kier molecular flexibility index (Phi) is 6.25. The molecule has 1 amide bonds. The smallest absolute Gasteiger partial charge is 0.307 e. The quantitative estimate of drug-likeness (QED) is 0.533. The maximum Gasteiger partial charge on any atom is 0.307 e. The van der Waals surface area contributed by atoms with Crippen LogP contribution in [0.2, 0.25) is 0 Å². The predicted molar refractivity (Wildman–Crippen MR) is 103 cm³/mol. The van der Waals surface area contributed by atoms with Crippen molar-refractivity contribution < 1.29 is 14.5 Å². The van der Waals surface area contributed by atoms with Gasteiger partial charge in [-0.3, -0.25) is 24.5 Å². The molecule has 0 radical (unpaired) electrons. The minimum Gasteiger partial charge on any atom is -0.497 e. The Morgan fingerprint density at radius 1 is 1.32 bits per heavy atom. The van der Waals surface area contributed by atoms with Gasteiger partial charge in [-0.2, -0.15) is 5.10 Å². The van der Waals surface area contributed by atoms with Gasteiger partial charge >= 0.3 is 5.69 Å². The zero-order valence-corrected chi connectivity index (χ0v) is 16.2. The third-order valence-electron chi connectivity index (χ3n) is 5.01. The Morgan fingerprint density at radius 2 is 2.07 bits per heavy atom. The van der Waals surface area contributed by atoms with Crippen molar-refractivity contribution in [3.63, 3.8) is 0 Å². The van der Waals surface area contributed by atoms with E-state index in [1.807, 2.05) is 30.0 Å². The largest absolute Gasteiger partial charge is 0.497 e. The van der Waals surface area contributed by atoms with Crippen molar-refractivity contribution in [1.82, 2.24) is 19.6 Å². The Hall–Kier alpha value is -2.94. The summed E-state index contributed by atoms with van der Waals surface area (Å²) in [6.45, 7) is 5.50. The molecule has 0 spiro atoms. The Morgan fingerprint density at radius 3 is 2.68 bits per heavy atom. The standard InChI is InChI=1S/C19H25N5O4/c1-3-18(23-14-16(12-20-23)24(26)27)19(25)22-9-7-21(8-10-22)13-15-5-4-6-17(11-15)28-2/h4-6,11-12,14,18H,3,7-10,13H2,1-2H3. The summed E-state index contributed by atoms with van der Waals surface area (Å²) in [4.78, 5) is 27.4. The molecule has 1 aliphatic rings. The van der Waals surface area contributed by atoms with E-state index in [0.717, 1.165) is 25.4 Å². The number of methoxy groups -OCH3 is 1. The summed E-state index contributed by atoms with van der Waals surface area (Å²) in [5, 5.41) is 14.9. The van der Waals surface area contributed by atoms with Gasteiger partial charge in [0, 0.05) is 32.7 Å². The lowest BCUT2D eigenvalue weighted by atomic mass is 10.1. The van der Waals surface area contributed by atoms with Crippen LogP contribution in [0.5, 0.6) is 5.75 Å². The minimum atomic E-state index is -0.515. The first-order chi connectivity index (χ1) is 13.5. The van der Waals surface area contributed by atoms with E-state index in [9.17, 15) is 14.9 Å². The van der Waals surface area contributed by atoms with E-state index in [1.54, 1.807) is 7.11 Å². The van der Waals surface area contributed by atoms with Crippen molar-refractivity contribution in [2.75, 3.05) is 33.3 Å². The third-order valence-corrected chi connectivity index (χ3v) is 5.01. The molecule has 3 rings (SSSR count). The molecule has 2 heterocycles. The van der Waals surface area contributed by atoms with Crippen LogP contribution in [0.15, 0.2) is 36.7 Å². The number of amides is 1. The molecule has 9 heteroatoms. The van der Waals surface area contributed by atoms with Crippen LogP contribution in [-0.2, 0) is 11.3 Å². The number of hydrogen-bond donors (Lipinski definition) is 0. The number of carbonyl (C=O) groups is 1. The summed E-state index contributed by atoms with van der Waals surface area (Å²) in [5.74, 6) is 0.798. The molecule has 0 bridgehead atoms. The molecule has 0 saturated carbocycles. The number of rotatable bonds is 7. The van der Waals surface area contributed by atoms with Crippen LogP contribution in [0.25, 0.3) is 0 Å². The van der Waals surface area contributed by atoms with Gasteiger partial charge in [0.15, 0.2) is 0 Å². The predicted octanol–water partition coefficient (Wildman–Crippen LogP) is 2.10. The normalized spacial score (nSPS) is 16.0. The maximum atomic E-state index is 12.9. The highest BCUT2D eigenvalue weighted by atomic mass is 16.6. The van der Waals surface area contributed by atoms with Crippen LogP contribution in [0, 0.1) is 10.1 Å². The fourth-order valence-corrected chi connectivity index (χ4v) is 3.43. The highest BCUT2D eigenvalue weighted by Gasteiger charge is 2.29. The van der Waals surface area contributed by atoms with Crippen molar-refractivity contribution >= 4 is 11.6 Å². The molecular formula is C19H25N5O4. The summed E-state index contributed by atoms with van der Waals surface area (Å²) < 4.78 is 6.67. The Labute approximate surface area is 163 Å². The van der Waals surface area contributed by atoms with Gasteiger partial charge in [-0.15, -0.1) is 0 Å². The van der Waals surface area contributed by atoms with Crippen molar-refractivity contribution in [3.05, 3.63) is 52.3 Å². The van der Waals surface area contributed by atoms with Gasteiger partial charge in [-0.1, -0.05) is 19.1 Å². The lowest BCUT2D eigenvalue weighted by Gasteiger charge is -2.36. The average Bonchev–Trinajstić information content (AvgIpc) is 3.19. The Bertz CT molecular complexity index is 829. The number of nitrogens with zero attached hydrogens (tertiary/aromatic N) is 5. The molecule has 1 fully saturated rings. The second kappa shape index (κ2) is 8.83. The van der Waals surface area contributed by atoms with Crippen molar-refractivity contribution in [3.8, 4) is 5.75 Å². The second-order valence-corrected chi connectivity index (χ2v) is 6.81. The number of aromatic nitrogens is 2. The Balaban J connectivity index is 1.58. The third kappa shape index (κ3) is 4.48. The fraction of sp³-hybridized carbons (Fsp3) is 0.474. The van der Waals surface area contributed by atoms with Crippen LogP contribution in [0.1, 0.15) is 24.9 Å². The molecule has 1 atom stereocenters. The van der Waals surface area contributed by atoms with Crippen LogP contribution >= 0.6 is 0 Å². The minimum absolute atomic E-state index is 0.0403. The fourth-order valence-electron chi connectivity index (χ4n) is 3.43. The molecule has 0 N–H and O–H groups in total. The van der Waals surface area contributed by atoms with Gasteiger partial charge in [0.1, 0.15) is 24.2 Å². The summed E-state index contributed by atoms with van der Waals surface area (Å²) in [6, 6.07) is 7.47. The molecule has 28 heavy (non-hydrogen) atoms. The van der Waals surface area contributed by atoms with Crippen LogP contribution in [-0.4, -0.2) is 63.7 Å². The summed E-state index contributed by atoms with van der Waals surface area (Å²) in [6.07, 6.45) is 3.04. The molecule has 150 valence electrons. The molecule has 1 aliphatic heterocycles. The zero-order valence-electron chi connectivity index (χ0n) is 16.2. The number of benzene rings is 1. The molecule has 1 aromatic heterocycles. The van der Waals surface area contributed by atoms with Crippen LogP contribution < -0.4 is 4.74 Å². The van der Waals surface area contributed by atoms with Gasteiger partial charge < -0.3 is 9.64 Å². The van der Waals surface area contributed by atoms with Gasteiger partial charge in [0.2, 0.25) is 5.91 Å². The topological polar surface area (TPSA) is 93.7 Å². The summed E-state index contributed by atoms with van der Waals surface area (Å²) in [7, 11) is 1.65. The lowest BCUT2D eigenvalue weighted by molar-refractivity contribution is -0.385. The SMILES string of the molecule is CCC(C(=O)N1CCN(Cc2cccc(OC)c2)CC1)n1cc([N+](=O)[O-])cn1. The lowest BCUT2D eigenvalue weighted by Crippen LogP contribution is -2.50. The van der Waals surface area contributed by atoms with Gasteiger partial charge in [-0.25, -0.2) is 0 Å². The van der Waals surface area contributed by atoms with Crippen LogP contribution in [0.4, 0.5) is 5.69 Å². The monoisotopic (exact) mass is 387 g/mol. The summed E-state index contributed by atoms with van der Waals surface area (Å²) >= 11 is 0. The molecule has 9 nitrogen and oxygen atoms in total. The van der Waals surface area contributed by atoms with Gasteiger partial charge in [-0.05, 0) is 24.1 Å². The van der Waals surface area contributed by atoms with Crippen molar-refractivity contribution in [2.24, 2.45) is 0 Å². The average molecular weight is 387 g/mol. The zero-order chi connectivity index (χ0) is 20.1. The van der Waals surface area contributed by atoms with Crippen molar-refractivity contribution in [1.29, 1.82) is 0 Å². The number of piperazine rings is 1. The van der Waals surface area contributed by atoms with Crippen molar-refractivity contribution in [2.45, 2.75) is 25.9 Å². The van der Waals surface area contributed by atoms with E-state index >= 15 is 0 Å². The van der Waals surface area contributed by atoms with Gasteiger partial charge in [0.05, 0.1) is 12.0 Å². The highest BCUT2D eigenvalue weighted by molar-refractivity contribution is 5.80.